The molecule has 1 saturated heterocycles. The van der Waals surface area contributed by atoms with Crippen LogP contribution in [0, 0.1) is 0 Å². The van der Waals surface area contributed by atoms with Crippen molar-refractivity contribution in [2.45, 2.75) is 45.3 Å². The highest BCUT2D eigenvalue weighted by atomic mass is 35.5. The number of phenols is 1. The van der Waals surface area contributed by atoms with E-state index in [0.29, 0.717) is 24.4 Å². The lowest BCUT2D eigenvalue weighted by atomic mass is 9.99. The van der Waals surface area contributed by atoms with Gasteiger partial charge in [-0.05, 0) is 39.0 Å². The minimum atomic E-state index is -2.43. The largest absolute Gasteiger partial charge is 0.508 e. The van der Waals surface area contributed by atoms with Gasteiger partial charge in [-0.2, -0.15) is 0 Å². The van der Waals surface area contributed by atoms with E-state index in [2.05, 4.69) is 5.32 Å². The molecule has 0 bridgehead atoms. The van der Waals surface area contributed by atoms with Gasteiger partial charge in [-0.15, -0.1) is 12.4 Å². The maximum atomic E-state index is 13.1. The van der Waals surface area contributed by atoms with Gasteiger partial charge in [-0.1, -0.05) is 0 Å². The number of phenolic OH excluding ortho intramolecular Hbond substituents is 1. The molecule has 0 unspecified atom stereocenters. The number of piperazine rings is 1. The van der Waals surface area contributed by atoms with Crippen molar-refractivity contribution in [3.63, 3.8) is 0 Å². The molecule has 1 aromatic rings. The predicted molar refractivity (Wildman–Crippen MR) is 93.5 cm³/mol. The molecule has 1 atom stereocenters. The second kappa shape index (κ2) is 8.83. The van der Waals surface area contributed by atoms with Crippen LogP contribution >= 0.6 is 12.4 Å². The Balaban J connectivity index is 0.00000288. The van der Waals surface area contributed by atoms with Gasteiger partial charge < -0.3 is 15.2 Å². The maximum absolute atomic E-state index is 13.1. The van der Waals surface area contributed by atoms with Gasteiger partial charge in [-0.3, -0.25) is 4.90 Å². The summed E-state index contributed by atoms with van der Waals surface area (Å²) < 4.78 is 32.0. The number of nitrogens with zero attached hydrogens (tertiary/aromatic N) is 1. The Labute approximate surface area is 148 Å². The first-order valence-corrected chi connectivity index (χ1v) is 8.01. The van der Waals surface area contributed by atoms with Gasteiger partial charge >= 0.3 is 0 Å². The third kappa shape index (κ3) is 6.07. The summed E-state index contributed by atoms with van der Waals surface area (Å²) in [6.45, 7) is 8.66. The quantitative estimate of drug-likeness (QED) is 0.838. The summed E-state index contributed by atoms with van der Waals surface area (Å²) in [5.74, 6) is 0.621. The molecule has 1 fully saturated rings. The molecule has 138 valence electrons. The molecule has 0 spiro atoms. The zero-order valence-electron chi connectivity index (χ0n) is 14.4. The normalized spacial score (nSPS) is 17.4. The Bertz CT molecular complexity index is 518. The van der Waals surface area contributed by atoms with Gasteiger partial charge in [0.05, 0.1) is 0 Å². The zero-order chi connectivity index (χ0) is 17.0. The average Bonchev–Trinajstić information content (AvgIpc) is 2.46. The number of nitrogens with one attached hydrogen (secondary N) is 1. The number of hydrogen-bond donors (Lipinski definition) is 2. The molecule has 0 aromatic heterocycles. The molecule has 1 aromatic carbocycles. The molecular weight excluding hydrogens is 338 g/mol. The molecule has 0 aliphatic carbocycles. The third-order valence-electron chi connectivity index (χ3n) is 3.78. The van der Waals surface area contributed by atoms with Crippen molar-refractivity contribution >= 4 is 12.4 Å². The van der Waals surface area contributed by atoms with Crippen molar-refractivity contribution in [3.05, 3.63) is 23.8 Å². The highest BCUT2D eigenvalue weighted by Crippen LogP contribution is 2.36. The zero-order valence-corrected chi connectivity index (χ0v) is 15.2. The van der Waals surface area contributed by atoms with E-state index in [1.165, 1.54) is 6.07 Å². The van der Waals surface area contributed by atoms with Gasteiger partial charge in [0, 0.05) is 44.2 Å². The smallest absolute Gasteiger partial charge is 0.240 e. The van der Waals surface area contributed by atoms with Gasteiger partial charge in [0.15, 0.2) is 0 Å². The van der Waals surface area contributed by atoms with Crippen LogP contribution in [0.3, 0.4) is 0 Å². The molecule has 0 amide bonds. The van der Waals surface area contributed by atoms with E-state index < -0.39 is 12.5 Å². The molecule has 1 aliphatic rings. The molecule has 1 aliphatic heterocycles. The van der Waals surface area contributed by atoms with Crippen molar-refractivity contribution in [3.8, 4) is 11.5 Å². The third-order valence-corrected chi connectivity index (χ3v) is 3.78. The van der Waals surface area contributed by atoms with Crippen molar-refractivity contribution in [2.75, 3.05) is 26.2 Å². The Morgan fingerprint density at radius 2 is 1.88 bits per heavy atom. The number of hydrogen-bond acceptors (Lipinski definition) is 4. The van der Waals surface area contributed by atoms with Crippen LogP contribution in [0.5, 0.6) is 11.5 Å². The monoisotopic (exact) mass is 364 g/mol. The number of ether oxygens (including phenoxy) is 1. The Kier molecular flexibility index (Phi) is 7.70. The summed E-state index contributed by atoms with van der Waals surface area (Å²) in [5.41, 5.74) is 0.121. The molecule has 0 saturated carbocycles. The van der Waals surface area contributed by atoms with Crippen LogP contribution < -0.4 is 10.1 Å². The van der Waals surface area contributed by atoms with Crippen molar-refractivity contribution in [1.82, 2.24) is 10.2 Å². The molecule has 7 heteroatoms. The molecule has 2 rings (SSSR count). The van der Waals surface area contributed by atoms with E-state index in [0.717, 1.165) is 13.1 Å². The summed E-state index contributed by atoms with van der Waals surface area (Å²) in [6.07, 6.45) is -2.73. The second-order valence-corrected chi connectivity index (χ2v) is 6.86. The van der Waals surface area contributed by atoms with E-state index >= 15 is 0 Å². The fourth-order valence-electron chi connectivity index (χ4n) is 2.85. The van der Waals surface area contributed by atoms with E-state index in [4.69, 9.17) is 4.74 Å². The number of benzene rings is 1. The van der Waals surface area contributed by atoms with Crippen LogP contribution in [-0.2, 0) is 0 Å². The Morgan fingerprint density at radius 3 is 2.42 bits per heavy atom. The Morgan fingerprint density at radius 1 is 1.25 bits per heavy atom. The highest BCUT2D eigenvalue weighted by Gasteiger charge is 2.28. The lowest BCUT2D eigenvalue weighted by Crippen LogP contribution is -2.45. The van der Waals surface area contributed by atoms with Crippen LogP contribution in [0.2, 0.25) is 0 Å². The maximum Gasteiger partial charge on any atom is 0.240 e. The van der Waals surface area contributed by atoms with Gasteiger partial charge in [0.1, 0.15) is 17.1 Å². The lowest BCUT2D eigenvalue weighted by molar-refractivity contribution is 0.0724. The van der Waals surface area contributed by atoms with Crippen LogP contribution in [-0.4, -0.2) is 48.2 Å². The van der Waals surface area contributed by atoms with E-state index in [-0.39, 0.29) is 30.2 Å². The summed E-state index contributed by atoms with van der Waals surface area (Å²) in [6, 6.07) is 4.37. The summed E-state index contributed by atoms with van der Waals surface area (Å²) >= 11 is 0. The molecule has 4 nitrogen and oxygen atoms in total. The predicted octanol–water partition coefficient (Wildman–Crippen LogP) is 3.59. The SMILES string of the molecule is CC(C)(C)Oc1ccc(O)c([C@@H](CC(F)F)N2CCNCC2)c1.Cl. The van der Waals surface area contributed by atoms with Crippen molar-refractivity contribution < 1.29 is 18.6 Å². The second-order valence-electron chi connectivity index (χ2n) is 6.86. The van der Waals surface area contributed by atoms with Crippen molar-refractivity contribution in [1.29, 1.82) is 0 Å². The fraction of sp³-hybridized carbons (Fsp3) is 0.647. The first-order valence-electron chi connectivity index (χ1n) is 8.01. The van der Waals surface area contributed by atoms with Gasteiger partial charge in [0.2, 0.25) is 6.43 Å². The molecule has 0 radical (unpaired) electrons. The standard InChI is InChI=1S/C17H26F2N2O2.ClH/c1-17(2,3)23-12-4-5-15(22)13(10-12)14(11-16(18)19)21-8-6-20-7-9-21;/h4-5,10,14,16,20,22H,6-9,11H2,1-3H3;1H/t14-;/m1./s1. The summed E-state index contributed by atoms with van der Waals surface area (Å²) in [5, 5.41) is 13.4. The minimum Gasteiger partial charge on any atom is -0.508 e. The Hall–Kier alpha value is -1.11. The minimum absolute atomic E-state index is 0. The highest BCUT2D eigenvalue weighted by molar-refractivity contribution is 5.85. The van der Waals surface area contributed by atoms with E-state index in [9.17, 15) is 13.9 Å². The van der Waals surface area contributed by atoms with Crippen LogP contribution in [0.1, 0.15) is 38.8 Å². The van der Waals surface area contributed by atoms with Crippen molar-refractivity contribution in [2.24, 2.45) is 0 Å². The first kappa shape index (κ1) is 20.9. The average molecular weight is 365 g/mol. The van der Waals surface area contributed by atoms with E-state index in [1.807, 2.05) is 25.7 Å². The number of alkyl halides is 2. The number of aromatic hydroxyl groups is 1. The summed E-state index contributed by atoms with van der Waals surface area (Å²) in [7, 11) is 0. The van der Waals surface area contributed by atoms with Crippen LogP contribution in [0.15, 0.2) is 18.2 Å². The molecule has 1 heterocycles. The van der Waals surface area contributed by atoms with Crippen LogP contribution in [0.25, 0.3) is 0 Å². The molecule has 24 heavy (non-hydrogen) atoms. The molecular formula is C17H27ClF2N2O2. The van der Waals surface area contributed by atoms with Gasteiger partial charge in [-0.25, -0.2) is 8.78 Å². The number of rotatable bonds is 5. The summed E-state index contributed by atoms with van der Waals surface area (Å²) in [4.78, 5) is 2.00. The van der Waals surface area contributed by atoms with E-state index in [1.54, 1.807) is 12.1 Å². The number of halogens is 3. The van der Waals surface area contributed by atoms with Gasteiger partial charge in [0.25, 0.3) is 0 Å². The topological polar surface area (TPSA) is 44.7 Å². The van der Waals surface area contributed by atoms with Crippen LogP contribution in [0.4, 0.5) is 8.78 Å². The molecule has 2 N–H and O–H groups in total. The lowest BCUT2D eigenvalue weighted by Gasteiger charge is -2.35. The first-order chi connectivity index (χ1) is 10.8. The fourth-order valence-corrected chi connectivity index (χ4v) is 2.85.